The molecule has 0 unspecified atom stereocenters. The SMILES string of the molecule is COc1ccc(CNC(=O)NCCN(C)Cc2ccccc2)cc1OC. The summed E-state index contributed by atoms with van der Waals surface area (Å²) in [5, 5.41) is 5.72. The van der Waals surface area contributed by atoms with Crippen molar-refractivity contribution in [2.24, 2.45) is 0 Å². The molecule has 0 aliphatic rings. The van der Waals surface area contributed by atoms with Gasteiger partial charge < -0.3 is 25.0 Å². The number of methoxy groups -OCH3 is 2. The Bertz CT molecular complexity index is 692. The van der Waals surface area contributed by atoms with Crippen LogP contribution < -0.4 is 20.1 Å². The van der Waals surface area contributed by atoms with Gasteiger partial charge >= 0.3 is 6.03 Å². The zero-order chi connectivity index (χ0) is 18.8. The maximum absolute atomic E-state index is 11.9. The molecular weight excluding hydrogens is 330 g/mol. The average Bonchev–Trinajstić information content (AvgIpc) is 2.66. The summed E-state index contributed by atoms with van der Waals surface area (Å²) in [6.45, 7) is 2.64. The highest BCUT2D eigenvalue weighted by Crippen LogP contribution is 2.27. The summed E-state index contributed by atoms with van der Waals surface area (Å²) < 4.78 is 10.5. The summed E-state index contributed by atoms with van der Waals surface area (Å²) in [6, 6.07) is 15.7. The lowest BCUT2D eigenvalue weighted by molar-refractivity contribution is 0.237. The standard InChI is InChI=1S/C20H27N3O3/c1-23(15-16-7-5-4-6-8-16)12-11-21-20(24)22-14-17-9-10-18(25-2)19(13-17)26-3/h4-10,13H,11-12,14-15H2,1-3H3,(H2,21,22,24). The molecule has 0 radical (unpaired) electrons. The van der Waals surface area contributed by atoms with E-state index in [4.69, 9.17) is 9.47 Å². The predicted octanol–water partition coefficient (Wildman–Crippen LogP) is 2.64. The Hall–Kier alpha value is -2.73. The van der Waals surface area contributed by atoms with Gasteiger partial charge in [0.15, 0.2) is 11.5 Å². The maximum atomic E-state index is 11.9. The minimum absolute atomic E-state index is 0.187. The molecule has 2 N–H and O–H groups in total. The van der Waals surface area contributed by atoms with Crippen molar-refractivity contribution >= 4 is 6.03 Å². The van der Waals surface area contributed by atoms with E-state index in [-0.39, 0.29) is 6.03 Å². The van der Waals surface area contributed by atoms with Crippen molar-refractivity contribution in [3.05, 3.63) is 59.7 Å². The first kappa shape index (κ1) is 19.6. The van der Waals surface area contributed by atoms with Gasteiger partial charge in [-0.1, -0.05) is 36.4 Å². The van der Waals surface area contributed by atoms with E-state index in [0.29, 0.717) is 24.6 Å². The largest absolute Gasteiger partial charge is 0.493 e. The van der Waals surface area contributed by atoms with Crippen molar-refractivity contribution in [2.45, 2.75) is 13.1 Å². The molecule has 6 nitrogen and oxygen atoms in total. The van der Waals surface area contributed by atoms with Crippen LogP contribution in [0.2, 0.25) is 0 Å². The van der Waals surface area contributed by atoms with Gasteiger partial charge in [0.1, 0.15) is 0 Å². The van der Waals surface area contributed by atoms with Crippen LogP contribution in [0, 0.1) is 0 Å². The summed E-state index contributed by atoms with van der Waals surface area (Å²) in [5.41, 5.74) is 2.20. The van der Waals surface area contributed by atoms with E-state index in [1.165, 1.54) is 5.56 Å². The third kappa shape index (κ3) is 6.29. The second kappa shape index (κ2) is 10.3. The van der Waals surface area contributed by atoms with Crippen LogP contribution in [-0.4, -0.2) is 45.3 Å². The van der Waals surface area contributed by atoms with Crippen LogP contribution in [0.3, 0.4) is 0 Å². The van der Waals surface area contributed by atoms with Crippen molar-refractivity contribution in [2.75, 3.05) is 34.4 Å². The van der Waals surface area contributed by atoms with Crippen LogP contribution in [0.25, 0.3) is 0 Å². The van der Waals surface area contributed by atoms with E-state index in [1.807, 2.05) is 43.4 Å². The molecule has 0 aromatic heterocycles. The van der Waals surface area contributed by atoms with Gasteiger partial charge in [-0.15, -0.1) is 0 Å². The predicted molar refractivity (Wildman–Crippen MR) is 103 cm³/mol. The van der Waals surface area contributed by atoms with Gasteiger partial charge in [0.2, 0.25) is 0 Å². The first-order valence-corrected chi connectivity index (χ1v) is 8.57. The highest BCUT2D eigenvalue weighted by Gasteiger charge is 2.06. The number of hydrogen-bond acceptors (Lipinski definition) is 4. The summed E-state index contributed by atoms with van der Waals surface area (Å²) >= 11 is 0. The maximum Gasteiger partial charge on any atom is 0.315 e. The molecule has 0 saturated carbocycles. The Labute approximate surface area is 155 Å². The molecule has 0 fully saturated rings. The minimum atomic E-state index is -0.187. The molecule has 0 heterocycles. The van der Waals surface area contributed by atoms with Crippen LogP contribution in [0.4, 0.5) is 4.79 Å². The zero-order valence-electron chi connectivity index (χ0n) is 15.6. The Morgan fingerprint density at radius 1 is 0.962 bits per heavy atom. The monoisotopic (exact) mass is 357 g/mol. The number of likely N-dealkylation sites (N-methyl/N-ethyl adjacent to an activating group) is 1. The number of ether oxygens (including phenoxy) is 2. The normalized spacial score (nSPS) is 10.5. The lowest BCUT2D eigenvalue weighted by Gasteiger charge is -2.17. The minimum Gasteiger partial charge on any atom is -0.493 e. The van der Waals surface area contributed by atoms with Gasteiger partial charge in [0.05, 0.1) is 14.2 Å². The number of carbonyl (C=O) groups is 1. The lowest BCUT2D eigenvalue weighted by Crippen LogP contribution is -2.39. The fourth-order valence-corrected chi connectivity index (χ4v) is 2.57. The number of amides is 2. The number of nitrogens with one attached hydrogen (secondary N) is 2. The van der Waals surface area contributed by atoms with Crippen molar-refractivity contribution in [3.63, 3.8) is 0 Å². The van der Waals surface area contributed by atoms with Gasteiger partial charge in [-0.3, -0.25) is 0 Å². The van der Waals surface area contributed by atoms with Crippen LogP contribution >= 0.6 is 0 Å². The third-order valence-electron chi connectivity index (χ3n) is 3.98. The van der Waals surface area contributed by atoms with Crippen LogP contribution in [0.15, 0.2) is 48.5 Å². The average molecular weight is 357 g/mol. The van der Waals surface area contributed by atoms with Gasteiger partial charge in [-0.2, -0.15) is 0 Å². The van der Waals surface area contributed by atoms with Crippen molar-refractivity contribution in [1.82, 2.24) is 15.5 Å². The summed E-state index contributed by atoms with van der Waals surface area (Å²) in [7, 11) is 5.22. The third-order valence-corrected chi connectivity index (χ3v) is 3.98. The number of nitrogens with zero attached hydrogens (tertiary/aromatic N) is 1. The molecule has 0 bridgehead atoms. The van der Waals surface area contributed by atoms with E-state index >= 15 is 0 Å². The molecule has 2 aromatic rings. The van der Waals surface area contributed by atoms with Crippen molar-refractivity contribution < 1.29 is 14.3 Å². The molecule has 0 spiro atoms. The Kier molecular flexibility index (Phi) is 7.76. The number of rotatable bonds is 9. The van der Waals surface area contributed by atoms with E-state index < -0.39 is 0 Å². The highest BCUT2D eigenvalue weighted by atomic mass is 16.5. The molecule has 26 heavy (non-hydrogen) atoms. The Morgan fingerprint density at radius 2 is 1.69 bits per heavy atom. The molecule has 140 valence electrons. The molecule has 2 aromatic carbocycles. The summed E-state index contributed by atoms with van der Waals surface area (Å²) in [4.78, 5) is 14.1. The van der Waals surface area contributed by atoms with Crippen molar-refractivity contribution in [1.29, 1.82) is 0 Å². The molecule has 0 aliphatic carbocycles. The number of benzene rings is 2. The molecule has 6 heteroatoms. The van der Waals surface area contributed by atoms with E-state index in [2.05, 4.69) is 27.7 Å². The first-order chi connectivity index (χ1) is 12.6. The Balaban J connectivity index is 1.69. The van der Waals surface area contributed by atoms with E-state index in [9.17, 15) is 4.79 Å². The van der Waals surface area contributed by atoms with E-state index in [1.54, 1.807) is 14.2 Å². The van der Waals surface area contributed by atoms with Crippen LogP contribution in [0.1, 0.15) is 11.1 Å². The fraction of sp³-hybridized carbons (Fsp3) is 0.350. The zero-order valence-corrected chi connectivity index (χ0v) is 15.6. The van der Waals surface area contributed by atoms with Gasteiger partial charge in [0, 0.05) is 26.2 Å². The quantitative estimate of drug-likeness (QED) is 0.724. The van der Waals surface area contributed by atoms with Gasteiger partial charge in [-0.05, 0) is 30.3 Å². The molecular formula is C20H27N3O3. The second-order valence-electron chi connectivity index (χ2n) is 6.02. The number of carbonyl (C=O) groups excluding carboxylic acids is 1. The van der Waals surface area contributed by atoms with Gasteiger partial charge in [-0.25, -0.2) is 4.79 Å². The Morgan fingerprint density at radius 3 is 2.38 bits per heavy atom. The van der Waals surface area contributed by atoms with Crippen molar-refractivity contribution in [3.8, 4) is 11.5 Å². The summed E-state index contributed by atoms with van der Waals surface area (Å²) in [6.07, 6.45) is 0. The first-order valence-electron chi connectivity index (χ1n) is 8.57. The smallest absolute Gasteiger partial charge is 0.315 e. The fourth-order valence-electron chi connectivity index (χ4n) is 2.57. The topological polar surface area (TPSA) is 62.8 Å². The molecule has 0 atom stereocenters. The second-order valence-corrected chi connectivity index (χ2v) is 6.02. The highest BCUT2D eigenvalue weighted by molar-refractivity contribution is 5.73. The van der Waals surface area contributed by atoms with Gasteiger partial charge in [0.25, 0.3) is 0 Å². The molecule has 0 saturated heterocycles. The number of hydrogen-bond donors (Lipinski definition) is 2. The molecule has 2 amide bonds. The molecule has 0 aliphatic heterocycles. The number of urea groups is 1. The summed E-state index contributed by atoms with van der Waals surface area (Å²) in [5.74, 6) is 1.32. The lowest BCUT2D eigenvalue weighted by atomic mass is 10.2. The van der Waals surface area contributed by atoms with Crippen LogP contribution in [-0.2, 0) is 13.1 Å². The van der Waals surface area contributed by atoms with Crippen LogP contribution in [0.5, 0.6) is 11.5 Å². The molecule has 2 rings (SSSR count). The van der Waals surface area contributed by atoms with E-state index in [0.717, 1.165) is 18.7 Å².